The molecule has 0 saturated heterocycles. The lowest BCUT2D eigenvalue weighted by Crippen LogP contribution is -2.30. The number of hydrogen-bond donors (Lipinski definition) is 1. The Hall–Kier alpha value is -2.82. The highest BCUT2D eigenvalue weighted by molar-refractivity contribution is 5.94. The highest BCUT2D eigenvalue weighted by Gasteiger charge is 2.15. The van der Waals surface area contributed by atoms with Gasteiger partial charge in [-0.05, 0) is 62.2 Å². The lowest BCUT2D eigenvalue weighted by molar-refractivity contribution is -0.122. The van der Waals surface area contributed by atoms with Gasteiger partial charge in [0.15, 0.2) is 6.10 Å². The van der Waals surface area contributed by atoms with Gasteiger partial charge in [-0.2, -0.15) is 0 Å². The van der Waals surface area contributed by atoms with Crippen molar-refractivity contribution in [2.45, 2.75) is 32.8 Å². The van der Waals surface area contributed by atoms with Gasteiger partial charge in [-0.1, -0.05) is 12.1 Å². The number of benzene rings is 2. The van der Waals surface area contributed by atoms with E-state index in [1.165, 1.54) is 0 Å². The number of ether oxygens (including phenoxy) is 1. The number of nitrogens with one attached hydrogen (secondary N) is 1. The predicted octanol–water partition coefficient (Wildman–Crippen LogP) is 3.68. The molecule has 0 heterocycles. The SMILES string of the molecule is CC(=O)CCc1ccc(OC(C)C(=O)Nc2ccc(N(C)C)cc2)cc1. The maximum Gasteiger partial charge on any atom is 0.265 e. The zero-order valence-corrected chi connectivity index (χ0v) is 15.8. The van der Waals surface area contributed by atoms with Crippen LogP contribution in [0.15, 0.2) is 48.5 Å². The van der Waals surface area contributed by atoms with Crippen molar-refractivity contribution in [2.75, 3.05) is 24.3 Å². The number of anilines is 2. The van der Waals surface area contributed by atoms with Crippen molar-refractivity contribution >= 4 is 23.1 Å². The molecular formula is C21H26N2O3. The van der Waals surface area contributed by atoms with E-state index in [1.807, 2.05) is 67.5 Å². The van der Waals surface area contributed by atoms with E-state index >= 15 is 0 Å². The number of Topliss-reactive ketones (excluding diaryl/α,β-unsaturated/α-hetero) is 1. The Morgan fingerprint density at radius 1 is 1.04 bits per heavy atom. The van der Waals surface area contributed by atoms with Gasteiger partial charge in [-0.3, -0.25) is 4.79 Å². The number of nitrogens with zero attached hydrogens (tertiary/aromatic N) is 1. The molecule has 2 aromatic rings. The van der Waals surface area contributed by atoms with Crippen LogP contribution in [-0.4, -0.2) is 31.9 Å². The minimum Gasteiger partial charge on any atom is -0.481 e. The van der Waals surface area contributed by atoms with Crippen LogP contribution in [0.5, 0.6) is 5.75 Å². The summed E-state index contributed by atoms with van der Waals surface area (Å²) in [7, 11) is 3.93. The third-order valence-electron chi connectivity index (χ3n) is 4.02. The van der Waals surface area contributed by atoms with Gasteiger partial charge in [0.25, 0.3) is 5.91 Å². The molecule has 0 radical (unpaired) electrons. The second-order valence-corrected chi connectivity index (χ2v) is 6.54. The minimum atomic E-state index is -0.619. The smallest absolute Gasteiger partial charge is 0.265 e. The second kappa shape index (κ2) is 9.04. The Morgan fingerprint density at radius 2 is 1.65 bits per heavy atom. The first-order valence-corrected chi connectivity index (χ1v) is 8.68. The third-order valence-corrected chi connectivity index (χ3v) is 4.02. The van der Waals surface area contributed by atoms with Crippen LogP contribution in [0.2, 0.25) is 0 Å². The van der Waals surface area contributed by atoms with Crippen molar-refractivity contribution in [1.29, 1.82) is 0 Å². The molecule has 0 aliphatic heterocycles. The number of aryl methyl sites for hydroxylation is 1. The Morgan fingerprint density at radius 3 is 2.19 bits per heavy atom. The number of amides is 1. The average molecular weight is 354 g/mol. The summed E-state index contributed by atoms with van der Waals surface area (Å²) >= 11 is 0. The lowest BCUT2D eigenvalue weighted by Gasteiger charge is -2.16. The molecule has 0 aliphatic carbocycles. The number of hydrogen-bond acceptors (Lipinski definition) is 4. The van der Waals surface area contributed by atoms with E-state index in [1.54, 1.807) is 13.8 Å². The molecule has 2 rings (SSSR count). The largest absolute Gasteiger partial charge is 0.481 e. The normalized spacial score (nSPS) is 11.5. The summed E-state index contributed by atoms with van der Waals surface area (Å²) in [5, 5.41) is 2.85. The highest BCUT2D eigenvalue weighted by atomic mass is 16.5. The molecule has 0 aromatic heterocycles. The molecule has 0 fully saturated rings. The first-order chi connectivity index (χ1) is 12.3. The standard InChI is InChI=1S/C21H26N2O3/c1-15(24)5-6-17-7-13-20(14-8-17)26-16(2)21(25)22-18-9-11-19(12-10-18)23(3)4/h7-14,16H,5-6H2,1-4H3,(H,22,25). The Labute approximate surface area is 155 Å². The topological polar surface area (TPSA) is 58.6 Å². The lowest BCUT2D eigenvalue weighted by atomic mass is 10.1. The van der Waals surface area contributed by atoms with E-state index in [9.17, 15) is 9.59 Å². The molecular weight excluding hydrogens is 328 g/mol. The van der Waals surface area contributed by atoms with Crippen molar-refractivity contribution in [2.24, 2.45) is 0 Å². The maximum absolute atomic E-state index is 12.3. The van der Waals surface area contributed by atoms with Crippen LogP contribution < -0.4 is 15.0 Å². The summed E-state index contributed by atoms with van der Waals surface area (Å²) in [5.74, 6) is 0.597. The summed E-state index contributed by atoms with van der Waals surface area (Å²) in [5.41, 5.74) is 2.87. The van der Waals surface area contributed by atoms with Gasteiger partial charge in [-0.15, -0.1) is 0 Å². The third kappa shape index (κ3) is 5.92. The maximum atomic E-state index is 12.3. The summed E-state index contributed by atoms with van der Waals surface area (Å²) in [6.45, 7) is 3.30. The highest BCUT2D eigenvalue weighted by Crippen LogP contribution is 2.18. The Balaban J connectivity index is 1.88. The molecule has 2 aromatic carbocycles. The summed E-state index contributed by atoms with van der Waals surface area (Å²) in [6, 6.07) is 15.1. The van der Waals surface area contributed by atoms with Crippen molar-refractivity contribution in [3.63, 3.8) is 0 Å². The molecule has 0 bridgehead atoms. The van der Waals surface area contributed by atoms with Crippen LogP contribution in [0, 0.1) is 0 Å². The van der Waals surface area contributed by atoms with Crippen molar-refractivity contribution in [1.82, 2.24) is 0 Å². The summed E-state index contributed by atoms with van der Waals surface area (Å²) in [4.78, 5) is 25.3. The van der Waals surface area contributed by atoms with Crippen molar-refractivity contribution in [3.8, 4) is 5.75 Å². The van der Waals surface area contributed by atoms with Crippen LogP contribution >= 0.6 is 0 Å². The molecule has 0 aliphatic rings. The van der Waals surface area contributed by atoms with Crippen LogP contribution in [0.3, 0.4) is 0 Å². The molecule has 138 valence electrons. The van der Waals surface area contributed by atoms with E-state index in [0.717, 1.165) is 16.9 Å². The zero-order valence-electron chi connectivity index (χ0n) is 15.8. The Kier molecular flexibility index (Phi) is 6.78. The minimum absolute atomic E-state index is 0.175. The molecule has 0 spiro atoms. The van der Waals surface area contributed by atoms with Crippen molar-refractivity contribution < 1.29 is 14.3 Å². The number of carbonyl (C=O) groups is 2. The van der Waals surface area contributed by atoms with Gasteiger partial charge in [-0.25, -0.2) is 0 Å². The van der Waals surface area contributed by atoms with Gasteiger partial charge in [0, 0.05) is 31.9 Å². The summed E-state index contributed by atoms with van der Waals surface area (Å²) < 4.78 is 5.70. The number of carbonyl (C=O) groups excluding carboxylic acids is 2. The zero-order chi connectivity index (χ0) is 19.1. The van der Waals surface area contributed by atoms with Crippen LogP contribution in [0.1, 0.15) is 25.8 Å². The molecule has 26 heavy (non-hydrogen) atoms. The fraction of sp³-hybridized carbons (Fsp3) is 0.333. The van der Waals surface area contributed by atoms with Crippen molar-refractivity contribution in [3.05, 3.63) is 54.1 Å². The first-order valence-electron chi connectivity index (χ1n) is 8.68. The first kappa shape index (κ1) is 19.5. The van der Waals surface area contributed by atoms with Gasteiger partial charge < -0.3 is 19.7 Å². The van der Waals surface area contributed by atoms with E-state index in [-0.39, 0.29) is 11.7 Å². The molecule has 5 heteroatoms. The fourth-order valence-corrected chi connectivity index (χ4v) is 2.40. The second-order valence-electron chi connectivity index (χ2n) is 6.54. The molecule has 1 unspecified atom stereocenters. The number of rotatable bonds is 8. The van der Waals surface area contributed by atoms with Gasteiger partial charge in [0.05, 0.1) is 0 Å². The van der Waals surface area contributed by atoms with E-state index in [4.69, 9.17) is 4.74 Å². The number of ketones is 1. The Bertz CT molecular complexity index is 737. The molecule has 1 atom stereocenters. The molecule has 0 saturated carbocycles. The van der Waals surface area contributed by atoms with Gasteiger partial charge >= 0.3 is 0 Å². The van der Waals surface area contributed by atoms with E-state index < -0.39 is 6.10 Å². The van der Waals surface area contributed by atoms with Crippen LogP contribution in [0.25, 0.3) is 0 Å². The molecule has 5 nitrogen and oxygen atoms in total. The fourth-order valence-electron chi connectivity index (χ4n) is 2.40. The summed E-state index contributed by atoms with van der Waals surface area (Å²) in [6.07, 6.45) is 0.631. The van der Waals surface area contributed by atoms with E-state index in [2.05, 4.69) is 5.32 Å². The van der Waals surface area contributed by atoms with E-state index in [0.29, 0.717) is 18.6 Å². The van der Waals surface area contributed by atoms with Crippen LogP contribution in [-0.2, 0) is 16.0 Å². The molecule has 1 N–H and O–H groups in total. The van der Waals surface area contributed by atoms with Gasteiger partial charge in [0.1, 0.15) is 11.5 Å². The van der Waals surface area contributed by atoms with Gasteiger partial charge in [0.2, 0.25) is 0 Å². The quantitative estimate of drug-likeness (QED) is 0.786. The molecule has 1 amide bonds. The van der Waals surface area contributed by atoms with Crippen LogP contribution in [0.4, 0.5) is 11.4 Å². The monoisotopic (exact) mass is 354 g/mol. The average Bonchev–Trinajstić information content (AvgIpc) is 2.61. The predicted molar refractivity (Wildman–Crippen MR) is 105 cm³/mol.